The van der Waals surface area contributed by atoms with E-state index in [0.29, 0.717) is 5.92 Å². The van der Waals surface area contributed by atoms with Crippen LogP contribution in [-0.2, 0) is 4.57 Å². The van der Waals surface area contributed by atoms with Gasteiger partial charge >= 0.3 is 7.82 Å². The molecule has 5 nitrogen and oxygen atoms in total. The van der Waals surface area contributed by atoms with Crippen molar-refractivity contribution in [1.29, 1.82) is 0 Å². The summed E-state index contributed by atoms with van der Waals surface area (Å²) in [5.74, 6) is 0.468. The van der Waals surface area contributed by atoms with Crippen LogP contribution in [0.1, 0.15) is 13.8 Å². The second kappa shape index (κ2) is 6.37. The van der Waals surface area contributed by atoms with E-state index in [9.17, 15) is 0 Å². The number of hydrogen-bond donors (Lipinski definition) is 4. The summed E-state index contributed by atoms with van der Waals surface area (Å²) in [6.45, 7) is 4.01. The van der Waals surface area contributed by atoms with Crippen molar-refractivity contribution >= 4 is 7.82 Å². The molecule has 0 radical (unpaired) electrons. The van der Waals surface area contributed by atoms with E-state index in [1.807, 2.05) is 13.8 Å². The van der Waals surface area contributed by atoms with Gasteiger partial charge in [0, 0.05) is 0 Å². The highest BCUT2D eigenvalue weighted by atomic mass is 31.2. The summed E-state index contributed by atoms with van der Waals surface area (Å²) in [7, 11) is -4.64. The monoisotopic (exact) mass is 184 g/mol. The van der Waals surface area contributed by atoms with Crippen LogP contribution in [0.5, 0.6) is 0 Å². The van der Waals surface area contributed by atoms with E-state index in [1.54, 1.807) is 6.08 Å². The average Bonchev–Trinajstić information content (AvgIpc) is 1.58. The molecule has 0 rings (SSSR count). The number of aliphatic hydroxyl groups excluding tert-OH is 1. The molecule has 0 unspecified atom stereocenters. The summed E-state index contributed by atoms with van der Waals surface area (Å²) in [5.41, 5.74) is 0. The normalized spacial score (nSPS) is 11.5. The van der Waals surface area contributed by atoms with Crippen LogP contribution in [0.2, 0.25) is 0 Å². The zero-order chi connectivity index (χ0) is 9.49. The first-order valence-corrected chi connectivity index (χ1v) is 4.43. The summed E-state index contributed by atoms with van der Waals surface area (Å²) < 4.78 is 8.88. The number of phosphoric acid groups is 1. The Morgan fingerprint density at radius 1 is 1.27 bits per heavy atom. The van der Waals surface area contributed by atoms with E-state index in [-0.39, 0.29) is 0 Å². The van der Waals surface area contributed by atoms with Crippen molar-refractivity contribution in [3.05, 3.63) is 12.3 Å². The van der Waals surface area contributed by atoms with E-state index in [1.165, 1.54) is 0 Å². The van der Waals surface area contributed by atoms with Crippen LogP contribution in [0.4, 0.5) is 0 Å². The van der Waals surface area contributed by atoms with Gasteiger partial charge in [0.15, 0.2) is 0 Å². The Balaban J connectivity index is 0. The van der Waals surface area contributed by atoms with Crippen molar-refractivity contribution < 1.29 is 24.4 Å². The Labute approximate surface area is 65.2 Å². The maximum atomic E-state index is 8.88. The van der Waals surface area contributed by atoms with Crippen LogP contribution < -0.4 is 0 Å². The minimum Gasteiger partial charge on any atom is -0.516 e. The van der Waals surface area contributed by atoms with Gasteiger partial charge in [-0.1, -0.05) is 13.8 Å². The van der Waals surface area contributed by atoms with Crippen LogP contribution in [0.25, 0.3) is 0 Å². The van der Waals surface area contributed by atoms with Crippen LogP contribution in [0.3, 0.4) is 0 Å². The Morgan fingerprint density at radius 2 is 1.55 bits per heavy atom. The van der Waals surface area contributed by atoms with E-state index < -0.39 is 7.82 Å². The topological polar surface area (TPSA) is 98.0 Å². The SMILES string of the molecule is CC(C)C=CO.O=P(O)(O)O. The molecule has 0 aromatic heterocycles. The molecule has 68 valence electrons. The molecule has 0 aliphatic carbocycles. The Hall–Kier alpha value is -0.350. The van der Waals surface area contributed by atoms with Crippen LogP contribution in [0, 0.1) is 5.92 Å². The summed E-state index contributed by atoms with van der Waals surface area (Å²) >= 11 is 0. The maximum Gasteiger partial charge on any atom is 0.466 e. The van der Waals surface area contributed by atoms with Gasteiger partial charge in [-0.15, -0.1) is 0 Å². The fourth-order valence-corrected chi connectivity index (χ4v) is 0.172. The molecule has 0 heterocycles. The first-order chi connectivity index (χ1) is 4.77. The molecular weight excluding hydrogens is 171 g/mol. The molecule has 0 saturated carbocycles. The molecule has 6 heteroatoms. The van der Waals surface area contributed by atoms with Gasteiger partial charge < -0.3 is 19.8 Å². The second-order valence-corrected chi connectivity index (χ2v) is 3.13. The van der Waals surface area contributed by atoms with Crippen molar-refractivity contribution in [3.8, 4) is 0 Å². The third kappa shape index (κ3) is 80.4. The molecule has 4 N–H and O–H groups in total. The van der Waals surface area contributed by atoms with Crippen LogP contribution in [-0.4, -0.2) is 19.8 Å². The Kier molecular flexibility index (Phi) is 7.67. The van der Waals surface area contributed by atoms with Crippen molar-refractivity contribution in [2.75, 3.05) is 0 Å². The molecule has 0 aromatic carbocycles. The third-order valence-electron chi connectivity index (χ3n) is 0.471. The molecule has 0 aromatic rings. The largest absolute Gasteiger partial charge is 0.516 e. The van der Waals surface area contributed by atoms with E-state index in [2.05, 4.69) is 0 Å². The number of aliphatic hydroxyl groups is 1. The highest BCUT2D eigenvalue weighted by Crippen LogP contribution is 2.25. The van der Waals surface area contributed by atoms with Crippen molar-refractivity contribution in [2.24, 2.45) is 5.92 Å². The van der Waals surface area contributed by atoms with Gasteiger partial charge in [0.2, 0.25) is 0 Å². The molecule has 0 fully saturated rings. The van der Waals surface area contributed by atoms with Gasteiger partial charge in [-0.25, -0.2) is 4.57 Å². The summed E-state index contributed by atoms with van der Waals surface area (Å²) in [6.07, 6.45) is 2.80. The molecule has 0 amide bonds. The van der Waals surface area contributed by atoms with Crippen molar-refractivity contribution in [2.45, 2.75) is 13.8 Å². The molecule has 0 saturated heterocycles. The number of allylic oxidation sites excluding steroid dienone is 1. The molecule has 11 heavy (non-hydrogen) atoms. The number of rotatable bonds is 1. The smallest absolute Gasteiger partial charge is 0.466 e. The lowest BCUT2D eigenvalue weighted by molar-refractivity contribution is 0.275. The lowest BCUT2D eigenvalue weighted by Crippen LogP contribution is -1.74. The number of hydrogen-bond acceptors (Lipinski definition) is 2. The van der Waals surface area contributed by atoms with Gasteiger partial charge in [-0.2, -0.15) is 0 Å². The highest BCUT2D eigenvalue weighted by molar-refractivity contribution is 7.45. The van der Waals surface area contributed by atoms with E-state index in [4.69, 9.17) is 24.4 Å². The minimum absolute atomic E-state index is 0.468. The summed E-state index contributed by atoms with van der Waals surface area (Å²) in [5, 5.41) is 8.06. The first-order valence-electron chi connectivity index (χ1n) is 2.86. The quantitative estimate of drug-likeness (QED) is 0.356. The predicted octanol–water partition coefficient (Wildman–Crippen LogP) is 0.785. The summed E-state index contributed by atoms with van der Waals surface area (Å²) in [4.78, 5) is 21.6. The summed E-state index contributed by atoms with van der Waals surface area (Å²) in [6, 6.07) is 0. The average molecular weight is 184 g/mol. The van der Waals surface area contributed by atoms with Crippen LogP contribution in [0.15, 0.2) is 12.3 Å². The van der Waals surface area contributed by atoms with Crippen molar-refractivity contribution in [3.63, 3.8) is 0 Å². The zero-order valence-corrected chi connectivity index (χ0v) is 7.27. The van der Waals surface area contributed by atoms with Crippen LogP contribution >= 0.6 is 7.82 Å². The lowest BCUT2D eigenvalue weighted by atomic mass is 10.2. The Morgan fingerprint density at radius 3 is 1.55 bits per heavy atom. The Bertz CT molecular complexity index is 139. The lowest BCUT2D eigenvalue weighted by Gasteiger charge is -1.86. The molecule has 0 aliphatic rings. The standard InChI is InChI=1S/C5H10O.H3O4P/c1-5(2)3-4-6;1-5(2,3)4/h3-6H,1-2H3;(H3,1,2,3,4). The zero-order valence-electron chi connectivity index (χ0n) is 6.38. The molecule has 0 aliphatic heterocycles. The van der Waals surface area contributed by atoms with E-state index >= 15 is 0 Å². The first kappa shape index (κ1) is 13.3. The minimum atomic E-state index is -4.64. The van der Waals surface area contributed by atoms with Gasteiger partial charge in [0.05, 0.1) is 6.26 Å². The van der Waals surface area contributed by atoms with Gasteiger partial charge in [-0.05, 0) is 12.0 Å². The van der Waals surface area contributed by atoms with Gasteiger partial charge in [-0.3, -0.25) is 0 Å². The molecular formula is C5H13O5P. The predicted molar refractivity (Wildman–Crippen MR) is 40.9 cm³/mol. The highest BCUT2D eigenvalue weighted by Gasteiger charge is 2.00. The molecule has 0 spiro atoms. The third-order valence-corrected chi connectivity index (χ3v) is 0.471. The maximum absolute atomic E-state index is 8.88. The van der Waals surface area contributed by atoms with E-state index in [0.717, 1.165) is 6.26 Å². The fourth-order valence-electron chi connectivity index (χ4n) is 0.172. The van der Waals surface area contributed by atoms with Crippen molar-refractivity contribution in [1.82, 2.24) is 0 Å². The van der Waals surface area contributed by atoms with Gasteiger partial charge in [0.25, 0.3) is 0 Å². The van der Waals surface area contributed by atoms with Gasteiger partial charge in [0.1, 0.15) is 0 Å². The molecule has 0 bridgehead atoms. The second-order valence-electron chi connectivity index (χ2n) is 2.10. The molecule has 0 atom stereocenters. The fraction of sp³-hybridized carbons (Fsp3) is 0.600.